The number of alkyl halides is 6. The normalized spacial score (nSPS) is 17.7. The standard InChI is InChI=1S/C28H22F6N2O2/c29-27(30,31)19-3-1-5-21(11-19)35-13-17-7-9-24-23(25(17)37-15-35)10-8-18-14-36(16-38-26(18)24)22-6-2-4-20(12-22)28(32,33)34/h1,3-5,7-12H,2,6,13-16H2. The summed E-state index contributed by atoms with van der Waals surface area (Å²) >= 11 is 0. The van der Waals surface area contributed by atoms with Crippen LogP contribution in [-0.2, 0) is 19.3 Å². The van der Waals surface area contributed by atoms with Crippen molar-refractivity contribution in [3.63, 3.8) is 0 Å². The first kappa shape index (κ1) is 24.5. The molecule has 0 amide bonds. The Morgan fingerprint density at radius 2 is 1.34 bits per heavy atom. The summed E-state index contributed by atoms with van der Waals surface area (Å²) in [6.45, 7) is 1.01. The average Bonchev–Trinajstić information content (AvgIpc) is 2.91. The van der Waals surface area contributed by atoms with Crippen LogP contribution in [-0.4, -0.2) is 24.5 Å². The van der Waals surface area contributed by atoms with Gasteiger partial charge in [-0.05, 0) is 37.1 Å². The molecule has 38 heavy (non-hydrogen) atoms. The highest BCUT2D eigenvalue weighted by atomic mass is 19.4. The first-order valence-electron chi connectivity index (χ1n) is 12.1. The SMILES string of the molecule is FC(F)(F)C1=CCCC(N2COc3c(ccc4c5c(ccc34)CN(c3cccc(C(F)(F)F)c3)CO5)C2)=C1. The van der Waals surface area contributed by atoms with Gasteiger partial charge in [-0.25, -0.2) is 0 Å². The molecule has 2 aliphatic heterocycles. The molecule has 3 aromatic rings. The molecule has 0 saturated carbocycles. The molecule has 0 spiro atoms. The Hall–Kier alpha value is -3.82. The Labute approximate surface area is 214 Å². The third-order valence-corrected chi connectivity index (χ3v) is 7.08. The number of allylic oxidation sites excluding steroid dienone is 4. The molecule has 2 heterocycles. The second-order valence-corrected chi connectivity index (χ2v) is 9.53. The second-order valence-electron chi connectivity index (χ2n) is 9.53. The maximum Gasteiger partial charge on any atom is 0.416 e. The van der Waals surface area contributed by atoms with Gasteiger partial charge < -0.3 is 19.3 Å². The molecule has 0 saturated heterocycles. The molecular weight excluding hydrogens is 510 g/mol. The van der Waals surface area contributed by atoms with Gasteiger partial charge in [-0.15, -0.1) is 0 Å². The first-order chi connectivity index (χ1) is 18.1. The van der Waals surface area contributed by atoms with E-state index in [1.54, 1.807) is 11.0 Å². The van der Waals surface area contributed by atoms with E-state index in [1.165, 1.54) is 18.2 Å². The van der Waals surface area contributed by atoms with Crippen molar-refractivity contribution in [2.75, 3.05) is 18.4 Å². The zero-order valence-electron chi connectivity index (χ0n) is 20.0. The molecule has 0 fully saturated rings. The van der Waals surface area contributed by atoms with Crippen molar-refractivity contribution in [1.29, 1.82) is 0 Å². The predicted octanol–water partition coefficient (Wildman–Crippen LogP) is 7.53. The number of hydrogen-bond donors (Lipinski definition) is 0. The predicted molar refractivity (Wildman–Crippen MR) is 130 cm³/mol. The average molecular weight is 532 g/mol. The van der Waals surface area contributed by atoms with Crippen LogP contribution in [0.15, 0.2) is 72.0 Å². The van der Waals surface area contributed by atoms with Gasteiger partial charge in [-0.1, -0.05) is 36.4 Å². The lowest BCUT2D eigenvalue weighted by Gasteiger charge is -2.35. The topological polar surface area (TPSA) is 24.9 Å². The van der Waals surface area contributed by atoms with E-state index in [0.717, 1.165) is 34.0 Å². The van der Waals surface area contributed by atoms with Gasteiger partial charge in [0.25, 0.3) is 0 Å². The molecule has 0 N–H and O–H groups in total. The van der Waals surface area contributed by atoms with Gasteiger partial charge in [0.05, 0.1) is 11.1 Å². The Morgan fingerprint density at radius 3 is 1.97 bits per heavy atom. The van der Waals surface area contributed by atoms with Crippen molar-refractivity contribution in [2.45, 2.75) is 38.3 Å². The van der Waals surface area contributed by atoms with Crippen LogP contribution < -0.4 is 14.4 Å². The quantitative estimate of drug-likeness (QED) is 0.319. The lowest BCUT2D eigenvalue weighted by Crippen LogP contribution is -2.33. The van der Waals surface area contributed by atoms with Crippen LogP contribution in [0.5, 0.6) is 11.5 Å². The molecule has 3 aliphatic rings. The number of ether oxygens (including phenoxy) is 2. The van der Waals surface area contributed by atoms with Gasteiger partial charge in [0.1, 0.15) is 11.5 Å². The summed E-state index contributed by atoms with van der Waals surface area (Å²) in [4.78, 5) is 3.55. The highest BCUT2D eigenvalue weighted by molar-refractivity contribution is 5.95. The maximum absolute atomic E-state index is 13.2. The lowest BCUT2D eigenvalue weighted by molar-refractivity contribution is -0.137. The van der Waals surface area contributed by atoms with E-state index >= 15 is 0 Å². The van der Waals surface area contributed by atoms with Crippen molar-refractivity contribution in [1.82, 2.24) is 4.90 Å². The van der Waals surface area contributed by atoms with Crippen LogP contribution in [0, 0.1) is 0 Å². The largest absolute Gasteiger partial charge is 0.472 e. The van der Waals surface area contributed by atoms with Gasteiger partial charge >= 0.3 is 12.4 Å². The van der Waals surface area contributed by atoms with Crippen LogP contribution in [0.3, 0.4) is 0 Å². The number of rotatable bonds is 2. The molecule has 1 aliphatic carbocycles. The Morgan fingerprint density at radius 1 is 0.711 bits per heavy atom. The molecule has 10 heteroatoms. The molecule has 0 atom stereocenters. The molecule has 0 unspecified atom stereocenters. The summed E-state index contributed by atoms with van der Waals surface area (Å²) in [6, 6.07) is 12.7. The highest BCUT2D eigenvalue weighted by Gasteiger charge is 2.35. The minimum atomic E-state index is -4.43. The van der Waals surface area contributed by atoms with E-state index in [-0.39, 0.29) is 13.5 Å². The van der Waals surface area contributed by atoms with Crippen molar-refractivity contribution >= 4 is 16.5 Å². The van der Waals surface area contributed by atoms with Gasteiger partial charge in [-0.3, -0.25) is 0 Å². The molecule has 0 aromatic heterocycles. The van der Waals surface area contributed by atoms with E-state index in [9.17, 15) is 26.3 Å². The van der Waals surface area contributed by atoms with E-state index in [0.29, 0.717) is 48.8 Å². The minimum absolute atomic E-state index is 0.0857. The number of hydrogen-bond acceptors (Lipinski definition) is 4. The third kappa shape index (κ3) is 4.41. The van der Waals surface area contributed by atoms with Crippen molar-refractivity contribution in [3.05, 3.63) is 88.6 Å². The summed E-state index contributed by atoms with van der Waals surface area (Å²) in [5.41, 5.74) is 1.35. The van der Waals surface area contributed by atoms with Crippen LogP contribution in [0.25, 0.3) is 10.8 Å². The molecular formula is C28H22F6N2O2. The molecule has 0 bridgehead atoms. The molecule has 0 radical (unpaired) electrons. The van der Waals surface area contributed by atoms with Gasteiger partial charge in [-0.2, -0.15) is 26.3 Å². The lowest BCUT2D eigenvalue weighted by atomic mass is 9.98. The van der Waals surface area contributed by atoms with Gasteiger partial charge in [0, 0.05) is 46.4 Å². The van der Waals surface area contributed by atoms with Crippen molar-refractivity contribution in [3.8, 4) is 11.5 Å². The summed E-state index contributed by atoms with van der Waals surface area (Å²) in [6.07, 6.45) is -5.57. The first-order valence-corrected chi connectivity index (χ1v) is 12.1. The fraction of sp³-hybridized carbons (Fsp3) is 0.286. The zero-order chi connectivity index (χ0) is 26.7. The number of nitrogens with zero attached hydrogens (tertiary/aromatic N) is 2. The van der Waals surface area contributed by atoms with Crippen molar-refractivity contribution in [2.24, 2.45) is 0 Å². The minimum Gasteiger partial charge on any atom is -0.472 e. The maximum atomic E-state index is 13.2. The van der Waals surface area contributed by atoms with Crippen LogP contribution in [0.1, 0.15) is 29.5 Å². The summed E-state index contributed by atoms with van der Waals surface area (Å²) in [7, 11) is 0. The fourth-order valence-electron chi connectivity index (χ4n) is 5.18. The summed E-state index contributed by atoms with van der Waals surface area (Å²) in [5, 5.41) is 1.64. The highest BCUT2D eigenvalue weighted by Crippen LogP contribution is 2.43. The van der Waals surface area contributed by atoms with E-state index in [2.05, 4.69) is 0 Å². The molecule has 6 rings (SSSR count). The molecule has 198 valence electrons. The number of benzene rings is 3. The van der Waals surface area contributed by atoms with Crippen LogP contribution in [0.4, 0.5) is 32.0 Å². The van der Waals surface area contributed by atoms with Crippen LogP contribution >= 0.6 is 0 Å². The number of anilines is 1. The third-order valence-electron chi connectivity index (χ3n) is 7.08. The smallest absolute Gasteiger partial charge is 0.416 e. The summed E-state index contributed by atoms with van der Waals surface area (Å²) < 4.78 is 91.2. The molecule has 3 aromatic carbocycles. The van der Waals surface area contributed by atoms with E-state index in [4.69, 9.17) is 9.47 Å². The van der Waals surface area contributed by atoms with Crippen LogP contribution in [0.2, 0.25) is 0 Å². The monoisotopic (exact) mass is 532 g/mol. The van der Waals surface area contributed by atoms with E-state index in [1.807, 2.05) is 29.2 Å². The van der Waals surface area contributed by atoms with Gasteiger partial charge in [0.15, 0.2) is 13.5 Å². The number of fused-ring (bicyclic) bond motifs is 5. The second kappa shape index (κ2) is 8.89. The van der Waals surface area contributed by atoms with Crippen molar-refractivity contribution < 1.29 is 35.8 Å². The zero-order valence-corrected chi connectivity index (χ0v) is 20.0. The van der Waals surface area contributed by atoms with E-state index < -0.39 is 23.5 Å². The summed E-state index contributed by atoms with van der Waals surface area (Å²) in [5.74, 6) is 1.31. The Balaban J connectivity index is 1.26. The fourth-order valence-corrected chi connectivity index (χ4v) is 5.18. The van der Waals surface area contributed by atoms with Gasteiger partial charge in [0.2, 0.25) is 0 Å². The Bertz CT molecular complexity index is 1470. The number of halogens is 6. The molecule has 4 nitrogen and oxygen atoms in total. The Kier molecular flexibility index (Phi) is 5.73.